The van der Waals surface area contributed by atoms with Crippen molar-refractivity contribution in [3.63, 3.8) is 0 Å². The van der Waals surface area contributed by atoms with E-state index in [9.17, 15) is 5.11 Å². The molecule has 0 aliphatic rings. The first-order valence-corrected chi connectivity index (χ1v) is 7.38. The fraction of sp³-hybridized carbons (Fsp3) is 0. The lowest BCUT2D eigenvalue weighted by Crippen LogP contribution is -1.77. The van der Waals surface area contributed by atoms with E-state index in [1.165, 1.54) is 0 Å². The van der Waals surface area contributed by atoms with E-state index in [-0.39, 0.29) is 17.5 Å². The second kappa shape index (κ2) is 5.40. The number of aromatic hydroxyl groups is 1. The molecule has 23 heavy (non-hydrogen) atoms. The van der Waals surface area contributed by atoms with Crippen molar-refractivity contribution in [1.29, 1.82) is 0 Å². The van der Waals surface area contributed by atoms with Crippen molar-refractivity contribution in [3.05, 3.63) is 54.6 Å². The Labute approximate surface area is 136 Å². The Balaban J connectivity index is 1.80. The van der Waals surface area contributed by atoms with Crippen molar-refractivity contribution < 1.29 is 9.52 Å². The maximum atomic E-state index is 10.4. The molecule has 4 rings (SSSR count). The lowest BCUT2D eigenvalue weighted by molar-refractivity contribution is 0.481. The van der Waals surface area contributed by atoms with Gasteiger partial charge in [0.15, 0.2) is 11.3 Å². The van der Waals surface area contributed by atoms with E-state index in [0.29, 0.717) is 21.4 Å². The van der Waals surface area contributed by atoms with Crippen LogP contribution in [0.5, 0.6) is 5.75 Å². The van der Waals surface area contributed by atoms with Crippen LogP contribution in [-0.4, -0.2) is 10.1 Å². The van der Waals surface area contributed by atoms with Crippen molar-refractivity contribution in [2.24, 2.45) is 10.2 Å². The normalized spacial score (nSPS) is 11.7. The van der Waals surface area contributed by atoms with Gasteiger partial charge in [-0.15, -0.1) is 17.7 Å². The summed E-state index contributed by atoms with van der Waals surface area (Å²) in [5, 5.41) is 20.0. The highest BCUT2D eigenvalue weighted by molar-refractivity contribution is 7.80. The molecule has 0 atom stereocenters. The molecule has 1 aromatic heterocycles. The zero-order valence-electron chi connectivity index (χ0n) is 11.8. The van der Waals surface area contributed by atoms with E-state index in [2.05, 4.69) is 27.8 Å². The molecule has 1 heterocycles. The van der Waals surface area contributed by atoms with Crippen molar-refractivity contribution in [2.75, 3.05) is 0 Å². The van der Waals surface area contributed by atoms with Crippen LogP contribution in [0.3, 0.4) is 0 Å². The van der Waals surface area contributed by atoms with Crippen LogP contribution in [0, 0.1) is 0 Å². The number of rotatable bonds is 2. The summed E-state index contributed by atoms with van der Waals surface area (Å²) < 4.78 is 5.48. The van der Waals surface area contributed by atoms with Gasteiger partial charge in [-0.05, 0) is 23.6 Å². The van der Waals surface area contributed by atoms with Gasteiger partial charge in [0.2, 0.25) is 0 Å². The van der Waals surface area contributed by atoms with Gasteiger partial charge in [-0.1, -0.05) is 41.5 Å². The minimum absolute atomic E-state index is 0.0351. The molecule has 0 amide bonds. The van der Waals surface area contributed by atoms with Gasteiger partial charge in [0.1, 0.15) is 11.2 Å². The number of azo groups is 1. The molecule has 3 aromatic carbocycles. The molecule has 0 saturated carbocycles. The Hall–Kier alpha value is -2.86. The number of hydrogen-bond acceptors (Lipinski definition) is 6. The van der Waals surface area contributed by atoms with E-state index in [4.69, 9.17) is 4.42 Å². The van der Waals surface area contributed by atoms with E-state index in [0.717, 1.165) is 5.39 Å². The van der Waals surface area contributed by atoms with E-state index < -0.39 is 0 Å². The number of oxazole rings is 1. The Morgan fingerprint density at radius 3 is 2.65 bits per heavy atom. The second-order valence-electron chi connectivity index (χ2n) is 4.98. The molecule has 6 heteroatoms. The molecule has 112 valence electrons. The minimum Gasteiger partial charge on any atom is -0.505 e. The van der Waals surface area contributed by atoms with Gasteiger partial charge in [-0.3, -0.25) is 0 Å². The Morgan fingerprint density at radius 1 is 1.00 bits per heavy atom. The molecule has 0 unspecified atom stereocenters. The van der Waals surface area contributed by atoms with Crippen LogP contribution in [0.2, 0.25) is 0 Å². The van der Waals surface area contributed by atoms with E-state index in [1.54, 1.807) is 6.07 Å². The first-order chi connectivity index (χ1) is 11.2. The molecular formula is C17H11N3O2S. The van der Waals surface area contributed by atoms with E-state index >= 15 is 0 Å². The van der Waals surface area contributed by atoms with Gasteiger partial charge in [-0.2, -0.15) is 4.98 Å². The van der Waals surface area contributed by atoms with Crippen molar-refractivity contribution in [1.82, 2.24) is 4.98 Å². The van der Waals surface area contributed by atoms with Crippen LogP contribution in [-0.2, 0) is 0 Å². The molecule has 0 spiro atoms. The summed E-state index contributed by atoms with van der Waals surface area (Å²) in [6, 6.07) is 16.8. The van der Waals surface area contributed by atoms with Gasteiger partial charge in [0, 0.05) is 10.3 Å². The summed E-state index contributed by atoms with van der Waals surface area (Å²) in [6.07, 6.45) is 0. The summed E-state index contributed by atoms with van der Waals surface area (Å²) in [6.45, 7) is 0. The molecule has 0 radical (unpaired) electrons. The predicted octanol–water partition coefficient (Wildman–Crippen LogP) is 5.39. The fourth-order valence-corrected chi connectivity index (χ4v) is 2.69. The monoisotopic (exact) mass is 321 g/mol. The molecule has 0 aliphatic carbocycles. The Morgan fingerprint density at radius 2 is 1.78 bits per heavy atom. The number of nitrogens with zero attached hydrogens (tertiary/aromatic N) is 3. The Bertz CT molecular complexity index is 1020. The smallest absolute Gasteiger partial charge is 0.341 e. The molecule has 1 N–H and O–H groups in total. The lowest BCUT2D eigenvalue weighted by atomic mass is 10.1. The molecule has 0 aliphatic heterocycles. The van der Waals surface area contributed by atoms with Gasteiger partial charge in [0.05, 0.1) is 0 Å². The standard InChI is InChI=1S/C17H11N3O2S/c21-16-11-6-2-1-5-10(11)9-14(23)15(16)19-20-17-18-12-7-3-4-8-13(12)22-17/h1-9,21,23H. The molecule has 5 nitrogen and oxygen atoms in total. The fourth-order valence-electron chi connectivity index (χ4n) is 2.40. The molecular weight excluding hydrogens is 310 g/mol. The van der Waals surface area contributed by atoms with Crippen LogP contribution >= 0.6 is 12.6 Å². The number of phenols is 1. The van der Waals surface area contributed by atoms with Crippen molar-refractivity contribution >= 4 is 46.2 Å². The summed E-state index contributed by atoms with van der Waals surface area (Å²) in [5.41, 5.74) is 1.62. The third-order valence-electron chi connectivity index (χ3n) is 3.49. The quantitative estimate of drug-likeness (QED) is 0.384. The number of para-hydroxylation sites is 2. The average Bonchev–Trinajstić information content (AvgIpc) is 2.97. The number of benzene rings is 3. The van der Waals surface area contributed by atoms with Gasteiger partial charge >= 0.3 is 6.01 Å². The largest absolute Gasteiger partial charge is 0.505 e. The zero-order chi connectivity index (χ0) is 15.8. The Kier molecular flexibility index (Phi) is 3.24. The highest BCUT2D eigenvalue weighted by Gasteiger charge is 2.11. The van der Waals surface area contributed by atoms with Gasteiger partial charge in [-0.25, -0.2) is 0 Å². The van der Waals surface area contributed by atoms with Gasteiger partial charge in [0.25, 0.3) is 0 Å². The number of hydrogen-bond donors (Lipinski definition) is 2. The second-order valence-corrected chi connectivity index (χ2v) is 5.46. The molecule has 0 bridgehead atoms. The van der Waals surface area contributed by atoms with E-state index in [1.807, 2.05) is 48.5 Å². The first kappa shape index (κ1) is 13.8. The summed E-state index contributed by atoms with van der Waals surface area (Å²) in [4.78, 5) is 4.74. The summed E-state index contributed by atoms with van der Waals surface area (Å²) in [7, 11) is 0. The molecule has 0 saturated heterocycles. The third-order valence-corrected chi connectivity index (χ3v) is 3.83. The SMILES string of the molecule is Oc1c(N=Nc2nc3ccccc3o2)c(S)cc2ccccc12. The minimum atomic E-state index is 0.0351. The number of aromatic nitrogens is 1. The highest BCUT2D eigenvalue weighted by Crippen LogP contribution is 2.40. The van der Waals surface area contributed by atoms with Crippen LogP contribution in [0.15, 0.2) is 74.1 Å². The van der Waals surface area contributed by atoms with Crippen molar-refractivity contribution in [2.45, 2.75) is 4.90 Å². The third kappa shape index (κ3) is 2.43. The molecule has 4 aromatic rings. The lowest BCUT2D eigenvalue weighted by Gasteiger charge is -2.06. The predicted molar refractivity (Wildman–Crippen MR) is 91.0 cm³/mol. The molecule has 0 fully saturated rings. The average molecular weight is 321 g/mol. The van der Waals surface area contributed by atoms with Gasteiger partial charge < -0.3 is 9.52 Å². The van der Waals surface area contributed by atoms with Crippen molar-refractivity contribution in [3.8, 4) is 5.75 Å². The number of fused-ring (bicyclic) bond motifs is 2. The summed E-state index contributed by atoms with van der Waals surface area (Å²) in [5.74, 6) is 0.0351. The highest BCUT2D eigenvalue weighted by atomic mass is 32.1. The topological polar surface area (TPSA) is 71.0 Å². The number of thiol groups is 1. The maximum Gasteiger partial charge on any atom is 0.341 e. The zero-order valence-corrected chi connectivity index (χ0v) is 12.7. The van der Waals surface area contributed by atoms with Crippen LogP contribution < -0.4 is 0 Å². The maximum absolute atomic E-state index is 10.4. The number of phenolic OH excluding ortho intramolecular Hbond substituents is 1. The summed E-state index contributed by atoms with van der Waals surface area (Å²) >= 11 is 4.38. The van der Waals surface area contributed by atoms with Crippen LogP contribution in [0.1, 0.15) is 0 Å². The van der Waals surface area contributed by atoms with Crippen LogP contribution in [0.25, 0.3) is 21.9 Å². The first-order valence-electron chi connectivity index (χ1n) is 6.93. The van der Waals surface area contributed by atoms with Crippen LogP contribution in [0.4, 0.5) is 11.7 Å².